The van der Waals surface area contributed by atoms with Crippen LogP contribution in [0, 0.1) is 19.8 Å². The summed E-state index contributed by atoms with van der Waals surface area (Å²) in [4.78, 5) is 27.7. The quantitative estimate of drug-likeness (QED) is 0.305. The van der Waals surface area contributed by atoms with E-state index < -0.39 is 17.7 Å². The van der Waals surface area contributed by atoms with E-state index in [2.05, 4.69) is 13.8 Å². The van der Waals surface area contributed by atoms with E-state index in [0.717, 1.165) is 5.56 Å². The van der Waals surface area contributed by atoms with Crippen molar-refractivity contribution in [3.63, 3.8) is 0 Å². The van der Waals surface area contributed by atoms with Crippen LogP contribution in [0.1, 0.15) is 42.5 Å². The van der Waals surface area contributed by atoms with E-state index in [1.807, 2.05) is 25.1 Å². The summed E-state index contributed by atoms with van der Waals surface area (Å²) >= 11 is 0. The summed E-state index contributed by atoms with van der Waals surface area (Å²) < 4.78 is 11.5. The van der Waals surface area contributed by atoms with E-state index in [-0.39, 0.29) is 11.3 Å². The zero-order valence-electron chi connectivity index (χ0n) is 19.2. The first-order chi connectivity index (χ1) is 15.8. The second-order valence-electron chi connectivity index (χ2n) is 8.69. The molecule has 1 aromatic heterocycles. The Morgan fingerprint density at radius 1 is 1.06 bits per heavy atom. The first-order valence-electron chi connectivity index (χ1n) is 10.9. The van der Waals surface area contributed by atoms with E-state index in [4.69, 9.17) is 9.15 Å². The van der Waals surface area contributed by atoms with Gasteiger partial charge in [-0.05, 0) is 73.9 Å². The van der Waals surface area contributed by atoms with Crippen LogP contribution in [0.4, 0.5) is 5.69 Å². The highest BCUT2D eigenvalue weighted by Crippen LogP contribution is 2.42. The molecule has 0 bridgehead atoms. The Morgan fingerprint density at radius 3 is 2.39 bits per heavy atom. The predicted octanol–water partition coefficient (Wildman–Crippen LogP) is 5.56. The predicted molar refractivity (Wildman–Crippen MR) is 126 cm³/mol. The number of nitrogens with zero attached hydrogens (tertiary/aromatic N) is 1. The number of ether oxygens (including phenoxy) is 1. The SMILES string of the molecule is Cc1cccc(N2C(=O)C(=O)/C(=C(\O)c3ccc(OCC(C)C)cc3)C2c2ccc(C)o2)c1. The number of aryl methyl sites for hydroxylation is 2. The summed E-state index contributed by atoms with van der Waals surface area (Å²) in [5, 5.41) is 11.2. The molecule has 2 aromatic carbocycles. The molecule has 0 radical (unpaired) electrons. The van der Waals surface area contributed by atoms with Crippen molar-refractivity contribution in [2.45, 2.75) is 33.7 Å². The van der Waals surface area contributed by atoms with Crippen LogP contribution in [-0.4, -0.2) is 23.4 Å². The highest BCUT2D eigenvalue weighted by atomic mass is 16.5. The van der Waals surface area contributed by atoms with Gasteiger partial charge >= 0.3 is 0 Å². The lowest BCUT2D eigenvalue weighted by atomic mass is 9.99. The first-order valence-corrected chi connectivity index (χ1v) is 10.9. The summed E-state index contributed by atoms with van der Waals surface area (Å²) in [5.74, 6) is 0.383. The molecule has 0 saturated carbocycles. The Labute approximate surface area is 193 Å². The molecule has 0 spiro atoms. The molecule has 1 aliphatic rings. The van der Waals surface area contributed by atoms with Gasteiger partial charge in [0.05, 0.1) is 12.2 Å². The Kier molecular flexibility index (Phi) is 6.09. The van der Waals surface area contributed by atoms with Gasteiger partial charge in [0.25, 0.3) is 11.7 Å². The molecule has 1 unspecified atom stereocenters. The molecule has 6 nitrogen and oxygen atoms in total. The van der Waals surface area contributed by atoms with Crippen LogP contribution in [0.2, 0.25) is 0 Å². The molecule has 1 aliphatic heterocycles. The Morgan fingerprint density at radius 2 is 1.79 bits per heavy atom. The fraction of sp³-hybridized carbons (Fsp3) is 0.259. The lowest BCUT2D eigenvalue weighted by Gasteiger charge is -2.23. The van der Waals surface area contributed by atoms with Crippen LogP contribution in [-0.2, 0) is 9.59 Å². The summed E-state index contributed by atoms with van der Waals surface area (Å²) in [6.07, 6.45) is 0. The Hall–Kier alpha value is -3.80. The molecule has 1 N–H and O–H groups in total. The normalized spacial score (nSPS) is 17.7. The molecule has 1 fully saturated rings. The van der Waals surface area contributed by atoms with Crippen molar-refractivity contribution in [2.75, 3.05) is 11.5 Å². The lowest BCUT2D eigenvalue weighted by Crippen LogP contribution is -2.29. The van der Waals surface area contributed by atoms with Crippen molar-refractivity contribution in [1.29, 1.82) is 0 Å². The number of Topliss-reactive ketones (excluding diaryl/α,β-unsaturated/α-hetero) is 1. The second kappa shape index (κ2) is 8.98. The van der Waals surface area contributed by atoms with Gasteiger partial charge in [-0.3, -0.25) is 14.5 Å². The van der Waals surface area contributed by atoms with Crippen molar-refractivity contribution in [3.05, 3.63) is 88.9 Å². The largest absolute Gasteiger partial charge is 0.507 e. The minimum atomic E-state index is -0.877. The van der Waals surface area contributed by atoms with Crippen molar-refractivity contribution >= 4 is 23.1 Å². The zero-order chi connectivity index (χ0) is 23.7. The van der Waals surface area contributed by atoms with Gasteiger partial charge in [-0.15, -0.1) is 0 Å². The smallest absolute Gasteiger partial charge is 0.300 e. The standard InChI is InChI=1S/C27H27NO5/c1-16(2)15-32-21-11-9-19(10-12-21)25(29)23-24(22-13-8-18(4)33-22)28(27(31)26(23)30)20-7-5-6-17(3)14-20/h5-14,16,24,29H,15H2,1-4H3/b25-23-. The van der Waals surface area contributed by atoms with Crippen molar-refractivity contribution < 1.29 is 23.8 Å². The third-order valence-electron chi connectivity index (χ3n) is 5.47. The van der Waals surface area contributed by atoms with Gasteiger partial charge in [-0.2, -0.15) is 0 Å². The number of aliphatic hydroxyl groups excluding tert-OH is 1. The summed E-state index contributed by atoms with van der Waals surface area (Å²) in [6.45, 7) is 8.39. The van der Waals surface area contributed by atoms with E-state index in [9.17, 15) is 14.7 Å². The summed E-state index contributed by atoms with van der Waals surface area (Å²) in [7, 11) is 0. The molecule has 2 heterocycles. The number of aliphatic hydroxyl groups is 1. The minimum absolute atomic E-state index is 0.00768. The lowest BCUT2D eigenvalue weighted by molar-refractivity contribution is -0.132. The van der Waals surface area contributed by atoms with Gasteiger partial charge in [-0.25, -0.2) is 0 Å². The fourth-order valence-electron chi connectivity index (χ4n) is 3.87. The minimum Gasteiger partial charge on any atom is -0.507 e. The molecule has 6 heteroatoms. The van der Waals surface area contributed by atoms with E-state index in [1.54, 1.807) is 49.4 Å². The maximum atomic E-state index is 13.1. The molecule has 1 saturated heterocycles. The Bertz CT molecular complexity index is 1220. The number of benzene rings is 2. The fourth-order valence-corrected chi connectivity index (χ4v) is 3.87. The molecular formula is C27H27NO5. The molecule has 170 valence electrons. The molecular weight excluding hydrogens is 418 g/mol. The highest BCUT2D eigenvalue weighted by molar-refractivity contribution is 6.51. The van der Waals surface area contributed by atoms with Gasteiger partial charge in [0, 0.05) is 11.3 Å². The first kappa shape index (κ1) is 22.4. The number of ketones is 1. The molecule has 1 amide bonds. The van der Waals surface area contributed by atoms with Crippen molar-refractivity contribution in [3.8, 4) is 5.75 Å². The number of anilines is 1. The number of carbonyl (C=O) groups excluding carboxylic acids is 2. The van der Waals surface area contributed by atoms with E-state index in [0.29, 0.717) is 41.0 Å². The molecule has 33 heavy (non-hydrogen) atoms. The van der Waals surface area contributed by atoms with Crippen LogP contribution in [0.25, 0.3) is 5.76 Å². The number of carbonyl (C=O) groups is 2. The maximum Gasteiger partial charge on any atom is 0.300 e. The van der Waals surface area contributed by atoms with Crippen molar-refractivity contribution in [1.82, 2.24) is 0 Å². The average Bonchev–Trinajstić information content (AvgIpc) is 3.33. The van der Waals surface area contributed by atoms with E-state index >= 15 is 0 Å². The number of furan rings is 1. The van der Waals surface area contributed by atoms with Crippen LogP contribution in [0.3, 0.4) is 0 Å². The Balaban J connectivity index is 1.80. The van der Waals surface area contributed by atoms with Crippen molar-refractivity contribution in [2.24, 2.45) is 5.92 Å². The van der Waals surface area contributed by atoms with Gasteiger partial charge in [0.2, 0.25) is 0 Å². The summed E-state index contributed by atoms with van der Waals surface area (Å²) in [5.41, 5.74) is 1.92. The van der Waals surface area contributed by atoms with Crippen LogP contribution < -0.4 is 9.64 Å². The van der Waals surface area contributed by atoms with Gasteiger partial charge in [0.1, 0.15) is 29.1 Å². The van der Waals surface area contributed by atoms with Gasteiger partial charge in [0.15, 0.2) is 0 Å². The third-order valence-corrected chi connectivity index (χ3v) is 5.47. The highest BCUT2D eigenvalue weighted by Gasteiger charge is 2.48. The van der Waals surface area contributed by atoms with Crippen LogP contribution in [0.15, 0.2) is 70.7 Å². The number of hydrogen-bond donors (Lipinski definition) is 1. The van der Waals surface area contributed by atoms with Gasteiger partial charge in [-0.1, -0.05) is 26.0 Å². The second-order valence-corrected chi connectivity index (χ2v) is 8.69. The maximum absolute atomic E-state index is 13.1. The van der Waals surface area contributed by atoms with E-state index in [1.165, 1.54) is 4.90 Å². The molecule has 4 rings (SSSR count). The average molecular weight is 446 g/mol. The molecule has 0 aliphatic carbocycles. The molecule has 3 aromatic rings. The topological polar surface area (TPSA) is 80.0 Å². The monoisotopic (exact) mass is 445 g/mol. The number of hydrogen-bond acceptors (Lipinski definition) is 5. The van der Waals surface area contributed by atoms with Crippen LogP contribution >= 0.6 is 0 Å². The third kappa shape index (κ3) is 4.42. The summed E-state index contributed by atoms with van der Waals surface area (Å²) in [6, 6.07) is 16.8. The number of amides is 1. The zero-order valence-corrected chi connectivity index (χ0v) is 19.2. The number of rotatable bonds is 6. The molecule has 1 atom stereocenters. The van der Waals surface area contributed by atoms with Gasteiger partial charge < -0.3 is 14.3 Å². The van der Waals surface area contributed by atoms with Crippen LogP contribution in [0.5, 0.6) is 5.75 Å².